The van der Waals surface area contributed by atoms with E-state index in [-0.39, 0.29) is 0 Å². The molecular formula is C19H27N3O3S2. The molecule has 0 spiro atoms. The molecule has 0 radical (unpaired) electrons. The minimum atomic E-state index is -3.45. The van der Waals surface area contributed by atoms with E-state index in [4.69, 9.17) is 4.52 Å². The highest BCUT2D eigenvalue weighted by atomic mass is 32.2. The second-order valence-electron chi connectivity index (χ2n) is 7.57. The van der Waals surface area contributed by atoms with Crippen molar-refractivity contribution in [3.8, 4) is 10.6 Å². The third-order valence-electron chi connectivity index (χ3n) is 5.92. The van der Waals surface area contributed by atoms with Crippen LogP contribution < -0.4 is 0 Å². The standard InChI is InChI=1S/C19H27N3O3S2/c1-14-15(2)20-25-19(14)17-8-9-18(26-17)27(23,24)22-12-10-21(11-13-22)16-6-4-3-5-7-16/h8-9,16H,3-7,10-13H2,1-2H3. The van der Waals surface area contributed by atoms with Crippen molar-refractivity contribution >= 4 is 21.4 Å². The summed E-state index contributed by atoms with van der Waals surface area (Å²) in [6.45, 7) is 6.66. The normalized spacial score (nSPS) is 21.0. The molecule has 1 saturated carbocycles. The van der Waals surface area contributed by atoms with E-state index in [9.17, 15) is 8.42 Å². The van der Waals surface area contributed by atoms with Crippen LogP contribution in [0.25, 0.3) is 10.6 Å². The van der Waals surface area contributed by atoms with Crippen molar-refractivity contribution < 1.29 is 12.9 Å². The number of piperazine rings is 1. The minimum absolute atomic E-state index is 0.386. The number of rotatable bonds is 4. The van der Waals surface area contributed by atoms with Crippen LogP contribution in [0.3, 0.4) is 0 Å². The number of hydrogen-bond donors (Lipinski definition) is 0. The molecular weight excluding hydrogens is 382 g/mol. The van der Waals surface area contributed by atoms with E-state index in [1.165, 1.54) is 43.4 Å². The predicted molar refractivity (Wildman–Crippen MR) is 106 cm³/mol. The number of nitrogens with zero attached hydrogens (tertiary/aromatic N) is 3. The van der Waals surface area contributed by atoms with Gasteiger partial charge in [0.25, 0.3) is 10.0 Å². The van der Waals surface area contributed by atoms with Gasteiger partial charge in [-0.3, -0.25) is 4.90 Å². The summed E-state index contributed by atoms with van der Waals surface area (Å²) >= 11 is 1.27. The molecule has 0 N–H and O–H groups in total. The summed E-state index contributed by atoms with van der Waals surface area (Å²) in [7, 11) is -3.45. The number of aromatic nitrogens is 1. The minimum Gasteiger partial charge on any atom is -0.355 e. The fourth-order valence-electron chi connectivity index (χ4n) is 4.11. The molecule has 2 aliphatic rings. The van der Waals surface area contributed by atoms with Gasteiger partial charge < -0.3 is 4.52 Å². The molecule has 0 bridgehead atoms. The molecule has 148 valence electrons. The van der Waals surface area contributed by atoms with E-state index in [2.05, 4.69) is 10.1 Å². The first-order valence-electron chi connectivity index (χ1n) is 9.74. The van der Waals surface area contributed by atoms with Crippen molar-refractivity contribution in [1.82, 2.24) is 14.4 Å². The lowest BCUT2D eigenvalue weighted by Gasteiger charge is -2.40. The Morgan fingerprint density at radius 2 is 1.78 bits per heavy atom. The maximum absolute atomic E-state index is 13.1. The van der Waals surface area contributed by atoms with E-state index in [1.807, 2.05) is 19.9 Å². The number of thiophene rings is 1. The molecule has 1 aliphatic carbocycles. The Hall–Kier alpha value is -1.22. The van der Waals surface area contributed by atoms with Crippen LogP contribution >= 0.6 is 11.3 Å². The zero-order chi connectivity index (χ0) is 19.0. The van der Waals surface area contributed by atoms with Gasteiger partial charge in [-0.25, -0.2) is 8.42 Å². The molecule has 0 atom stereocenters. The molecule has 8 heteroatoms. The van der Waals surface area contributed by atoms with Gasteiger partial charge in [0.1, 0.15) is 4.21 Å². The Balaban J connectivity index is 1.45. The van der Waals surface area contributed by atoms with Crippen molar-refractivity contribution in [3.63, 3.8) is 0 Å². The van der Waals surface area contributed by atoms with Gasteiger partial charge in [0.2, 0.25) is 0 Å². The average molecular weight is 410 g/mol. The summed E-state index contributed by atoms with van der Waals surface area (Å²) in [5.41, 5.74) is 1.79. The van der Waals surface area contributed by atoms with E-state index < -0.39 is 10.0 Å². The second kappa shape index (κ2) is 7.66. The Kier molecular flexibility index (Phi) is 5.42. The summed E-state index contributed by atoms with van der Waals surface area (Å²) in [5.74, 6) is 0.668. The smallest absolute Gasteiger partial charge is 0.252 e. The SMILES string of the molecule is Cc1noc(-c2ccc(S(=O)(=O)N3CCN(C4CCCCC4)CC3)s2)c1C. The summed E-state index contributed by atoms with van der Waals surface area (Å²) in [6.07, 6.45) is 6.48. The zero-order valence-corrected chi connectivity index (χ0v) is 17.6. The number of hydrogen-bond acceptors (Lipinski definition) is 6. The first-order valence-corrected chi connectivity index (χ1v) is 12.0. The Morgan fingerprint density at radius 1 is 1.07 bits per heavy atom. The van der Waals surface area contributed by atoms with Crippen molar-refractivity contribution in [2.24, 2.45) is 0 Å². The molecule has 2 aromatic heterocycles. The summed E-state index contributed by atoms with van der Waals surface area (Å²) in [5, 5.41) is 3.97. The highest BCUT2D eigenvalue weighted by Gasteiger charge is 2.32. The van der Waals surface area contributed by atoms with Gasteiger partial charge in [-0.2, -0.15) is 4.31 Å². The summed E-state index contributed by atoms with van der Waals surface area (Å²) in [6, 6.07) is 4.16. The molecule has 0 amide bonds. The summed E-state index contributed by atoms with van der Waals surface area (Å²) < 4.78 is 33.6. The van der Waals surface area contributed by atoms with E-state index in [0.717, 1.165) is 29.2 Å². The second-order valence-corrected chi connectivity index (χ2v) is 10.8. The maximum atomic E-state index is 13.1. The Labute approximate surface area is 165 Å². The fraction of sp³-hybridized carbons (Fsp3) is 0.632. The van der Waals surface area contributed by atoms with Gasteiger partial charge in [-0.05, 0) is 38.8 Å². The lowest BCUT2D eigenvalue weighted by molar-refractivity contribution is 0.111. The highest BCUT2D eigenvalue weighted by Crippen LogP contribution is 2.35. The predicted octanol–water partition coefficient (Wildman–Crippen LogP) is 3.66. The van der Waals surface area contributed by atoms with Crippen LogP contribution in [0.1, 0.15) is 43.4 Å². The average Bonchev–Trinajstić information content (AvgIpc) is 3.31. The van der Waals surface area contributed by atoms with Crippen LogP contribution in [0.5, 0.6) is 0 Å². The number of aryl methyl sites for hydroxylation is 1. The lowest BCUT2D eigenvalue weighted by Crippen LogP contribution is -2.52. The van der Waals surface area contributed by atoms with Crippen LogP contribution in [0.15, 0.2) is 20.9 Å². The molecule has 4 rings (SSSR count). The monoisotopic (exact) mass is 409 g/mol. The molecule has 2 aromatic rings. The van der Waals surface area contributed by atoms with E-state index in [0.29, 0.717) is 29.1 Å². The quantitative estimate of drug-likeness (QED) is 0.771. The first-order chi connectivity index (χ1) is 13.0. The van der Waals surface area contributed by atoms with Gasteiger partial charge in [-0.15, -0.1) is 11.3 Å². The van der Waals surface area contributed by atoms with Crippen LogP contribution in [0.2, 0.25) is 0 Å². The molecule has 27 heavy (non-hydrogen) atoms. The fourth-order valence-corrected chi connectivity index (χ4v) is 7.03. The van der Waals surface area contributed by atoms with Crippen molar-refractivity contribution in [2.75, 3.05) is 26.2 Å². The molecule has 3 heterocycles. The van der Waals surface area contributed by atoms with Crippen molar-refractivity contribution in [1.29, 1.82) is 0 Å². The third-order valence-corrected chi connectivity index (χ3v) is 9.37. The molecule has 1 aliphatic heterocycles. The zero-order valence-electron chi connectivity index (χ0n) is 16.0. The third kappa shape index (κ3) is 3.72. The van der Waals surface area contributed by atoms with Crippen molar-refractivity contribution in [3.05, 3.63) is 23.4 Å². The van der Waals surface area contributed by atoms with Crippen LogP contribution in [0, 0.1) is 13.8 Å². The van der Waals surface area contributed by atoms with Crippen LogP contribution in [-0.4, -0.2) is 55.0 Å². The summed E-state index contributed by atoms with van der Waals surface area (Å²) in [4.78, 5) is 3.30. The molecule has 6 nitrogen and oxygen atoms in total. The molecule has 0 unspecified atom stereocenters. The van der Waals surface area contributed by atoms with Gasteiger partial charge in [-0.1, -0.05) is 24.4 Å². The number of sulfonamides is 1. The molecule has 1 saturated heterocycles. The Morgan fingerprint density at radius 3 is 2.41 bits per heavy atom. The molecule has 0 aromatic carbocycles. The Bertz CT molecular complexity index is 889. The first kappa shape index (κ1) is 19.1. The topological polar surface area (TPSA) is 66.7 Å². The molecule has 2 fully saturated rings. The van der Waals surface area contributed by atoms with Crippen LogP contribution in [0.4, 0.5) is 0 Å². The van der Waals surface area contributed by atoms with E-state index in [1.54, 1.807) is 10.4 Å². The van der Waals surface area contributed by atoms with Gasteiger partial charge >= 0.3 is 0 Å². The van der Waals surface area contributed by atoms with E-state index >= 15 is 0 Å². The van der Waals surface area contributed by atoms with Crippen LogP contribution in [-0.2, 0) is 10.0 Å². The van der Waals surface area contributed by atoms with Gasteiger partial charge in [0.15, 0.2) is 5.76 Å². The maximum Gasteiger partial charge on any atom is 0.252 e. The largest absolute Gasteiger partial charge is 0.355 e. The highest BCUT2D eigenvalue weighted by molar-refractivity contribution is 7.91. The van der Waals surface area contributed by atoms with Gasteiger partial charge in [0.05, 0.1) is 10.6 Å². The van der Waals surface area contributed by atoms with Crippen molar-refractivity contribution in [2.45, 2.75) is 56.2 Å². The van der Waals surface area contributed by atoms with Gasteiger partial charge in [0, 0.05) is 37.8 Å². The lowest BCUT2D eigenvalue weighted by atomic mass is 9.94.